The number of piperazine rings is 1. The van der Waals surface area contributed by atoms with Crippen LogP contribution in [0.1, 0.15) is 30.9 Å². The normalized spacial score (nSPS) is 20.3. The number of hydrogen-bond acceptors (Lipinski definition) is 2. The van der Waals surface area contributed by atoms with E-state index in [1.165, 1.54) is 24.8 Å². The van der Waals surface area contributed by atoms with E-state index < -0.39 is 0 Å². The number of benzene rings is 1. The van der Waals surface area contributed by atoms with Crippen molar-refractivity contribution in [2.75, 3.05) is 26.2 Å². The van der Waals surface area contributed by atoms with E-state index in [4.69, 9.17) is 11.6 Å². The van der Waals surface area contributed by atoms with Gasteiger partial charge in [0.2, 0.25) is 0 Å². The first-order valence-electron chi connectivity index (χ1n) is 7.14. The Morgan fingerprint density at radius 3 is 2.52 bits per heavy atom. The third-order valence-electron chi connectivity index (χ3n) is 4.16. The van der Waals surface area contributed by atoms with E-state index in [-0.39, 0.29) is 24.8 Å². The average Bonchev–Trinajstić information content (AvgIpc) is 3.24. The molecule has 3 rings (SSSR count). The topological polar surface area (TPSA) is 15.3 Å². The largest absolute Gasteiger partial charge is 0.314 e. The summed E-state index contributed by atoms with van der Waals surface area (Å²) >= 11 is 10.0. The van der Waals surface area contributed by atoms with E-state index >= 15 is 0 Å². The van der Waals surface area contributed by atoms with Crippen LogP contribution in [0.4, 0.5) is 0 Å². The quantitative estimate of drug-likeness (QED) is 0.766. The molecule has 1 aliphatic carbocycles. The van der Waals surface area contributed by atoms with E-state index in [0.29, 0.717) is 6.04 Å². The second-order valence-corrected chi connectivity index (χ2v) is 6.97. The summed E-state index contributed by atoms with van der Waals surface area (Å²) in [5.41, 5.74) is 1.30. The maximum atomic E-state index is 6.45. The molecule has 1 atom stereocenters. The van der Waals surface area contributed by atoms with Crippen LogP contribution in [0.5, 0.6) is 0 Å². The van der Waals surface area contributed by atoms with Crippen molar-refractivity contribution in [1.29, 1.82) is 0 Å². The summed E-state index contributed by atoms with van der Waals surface area (Å²) < 4.78 is 1.13. The van der Waals surface area contributed by atoms with Gasteiger partial charge in [0.15, 0.2) is 0 Å². The van der Waals surface area contributed by atoms with E-state index in [9.17, 15) is 0 Å². The van der Waals surface area contributed by atoms with Gasteiger partial charge in [-0.05, 0) is 36.1 Å². The molecule has 120 valence electrons. The molecule has 1 saturated heterocycles. The Bertz CT molecular complexity index is 449. The highest BCUT2D eigenvalue weighted by Crippen LogP contribution is 2.42. The van der Waals surface area contributed by atoms with Gasteiger partial charge in [-0.25, -0.2) is 0 Å². The first kappa shape index (κ1) is 19.5. The lowest BCUT2D eigenvalue weighted by Crippen LogP contribution is -2.45. The molecular formula is C15H22BrCl3N2. The van der Waals surface area contributed by atoms with E-state index in [1.807, 2.05) is 12.1 Å². The predicted molar refractivity (Wildman–Crippen MR) is 98.2 cm³/mol. The molecule has 1 N–H and O–H groups in total. The second-order valence-electron chi connectivity index (χ2n) is 5.65. The van der Waals surface area contributed by atoms with Crippen LogP contribution in [0.3, 0.4) is 0 Å². The first-order valence-corrected chi connectivity index (χ1v) is 8.31. The van der Waals surface area contributed by atoms with Crippen molar-refractivity contribution in [2.24, 2.45) is 5.92 Å². The van der Waals surface area contributed by atoms with Gasteiger partial charge < -0.3 is 5.32 Å². The monoisotopic (exact) mass is 414 g/mol. The Balaban J connectivity index is 0.00000110. The van der Waals surface area contributed by atoms with Crippen LogP contribution < -0.4 is 5.32 Å². The molecule has 1 aromatic rings. The summed E-state index contributed by atoms with van der Waals surface area (Å²) in [6.45, 7) is 4.43. The fourth-order valence-corrected chi connectivity index (χ4v) is 3.53. The summed E-state index contributed by atoms with van der Waals surface area (Å²) in [5.74, 6) is 0.912. The van der Waals surface area contributed by atoms with Crippen molar-refractivity contribution in [3.8, 4) is 0 Å². The maximum absolute atomic E-state index is 6.45. The minimum absolute atomic E-state index is 0. The Labute approximate surface area is 152 Å². The molecule has 0 spiro atoms. The van der Waals surface area contributed by atoms with Crippen LogP contribution in [0.15, 0.2) is 22.7 Å². The average molecular weight is 417 g/mol. The molecule has 0 amide bonds. The van der Waals surface area contributed by atoms with Gasteiger partial charge in [0.1, 0.15) is 0 Å². The number of nitrogens with zero attached hydrogens (tertiary/aromatic N) is 1. The molecule has 1 saturated carbocycles. The van der Waals surface area contributed by atoms with Crippen LogP contribution in [0.25, 0.3) is 0 Å². The van der Waals surface area contributed by atoms with Crippen molar-refractivity contribution in [3.63, 3.8) is 0 Å². The molecule has 1 aromatic carbocycles. The van der Waals surface area contributed by atoms with Crippen LogP contribution in [0, 0.1) is 5.92 Å². The standard InChI is InChI=1S/C15H20BrClN2.2ClH/c16-12-3-4-14(17)13(10-12)15(9-11-1-2-11)19-7-5-18-6-8-19;;/h3-4,10-11,15,18H,1-2,5-9H2;2*1H/t15-;;/m1../s1. The third-order valence-corrected chi connectivity index (χ3v) is 5.00. The number of nitrogens with one attached hydrogen (secondary N) is 1. The zero-order valence-corrected chi connectivity index (χ0v) is 15.8. The van der Waals surface area contributed by atoms with Crippen molar-refractivity contribution < 1.29 is 0 Å². The Morgan fingerprint density at radius 2 is 1.90 bits per heavy atom. The molecule has 2 aliphatic rings. The Hall–Kier alpha value is 0.490. The maximum Gasteiger partial charge on any atom is 0.0454 e. The number of hydrogen-bond donors (Lipinski definition) is 1. The number of rotatable bonds is 4. The van der Waals surface area contributed by atoms with Gasteiger partial charge in [-0.2, -0.15) is 0 Å². The predicted octanol–water partition coefficient (Wildman–Crippen LogP) is 4.69. The molecule has 0 aromatic heterocycles. The summed E-state index contributed by atoms with van der Waals surface area (Å²) in [7, 11) is 0. The minimum atomic E-state index is 0. The van der Waals surface area contributed by atoms with Crippen LogP contribution >= 0.6 is 52.3 Å². The van der Waals surface area contributed by atoms with Gasteiger partial charge in [-0.15, -0.1) is 24.8 Å². The minimum Gasteiger partial charge on any atom is -0.314 e. The van der Waals surface area contributed by atoms with E-state index in [0.717, 1.165) is 41.6 Å². The second kappa shape index (κ2) is 8.95. The first-order chi connectivity index (χ1) is 9.24. The van der Waals surface area contributed by atoms with Gasteiger partial charge in [0.05, 0.1) is 0 Å². The summed E-state index contributed by atoms with van der Waals surface area (Å²) in [5, 5.41) is 4.34. The molecule has 1 aliphatic heterocycles. The molecule has 0 radical (unpaired) electrons. The van der Waals surface area contributed by atoms with Crippen LogP contribution in [-0.4, -0.2) is 31.1 Å². The van der Waals surface area contributed by atoms with Crippen molar-refractivity contribution in [3.05, 3.63) is 33.3 Å². The highest BCUT2D eigenvalue weighted by molar-refractivity contribution is 9.10. The van der Waals surface area contributed by atoms with E-state index in [1.54, 1.807) is 0 Å². The highest BCUT2D eigenvalue weighted by atomic mass is 79.9. The van der Waals surface area contributed by atoms with Gasteiger partial charge in [0.25, 0.3) is 0 Å². The van der Waals surface area contributed by atoms with Crippen LogP contribution in [0.2, 0.25) is 5.02 Å². The van der Waals surface area contributed by atoms with Gasteiger partial charge in [-0.3, -0.25) is 4.90 Å². The molecular weight excluding hydrogens is 394 g/mol. The summed E-state index contributed by atoms with van der Waals surface area (Å²) in [4.78, 5) is 2.60. The molecule has 6 heteroatoms. The summed E-state index contributed by atoms with van der Waals surface area (Å²) in [6, 6.07) is 6.73. The SMILES string of the molecule is Cl.Cl.Clc1ccc(Br)cc1[C@@H](CC1CC1)N1CCNCC1. The molecule has 2 fully saturated rings. The van der Waals surface area contributed by atoms with Crippen LogP contribution in [-0.2, 0) is 0 Å². The molecule has 1 heterocycles. The van der Waals surface area contributed by atoms with Crippen molar-refractivity contribution in [1.82, 2.24) is 10.2 Å². The van der Waals surface area contributed by atoms with Gasteiger partial charge in [-0.1, -0.05) is 40.4 Å². The molecule has 0 bridgehead atoms. The lowest BCUT2D eigenvalue weighted by molar-refractivity contribution is 0.160. The lowest BCUT2D eigenvalue weighted by atomic mass is 9.98. The molecule has 0 unspecified atom stereocenters. The third kappa shape index (κ3) is 5.26. The Morgan fingerprint density at radius 1 is 1.24 bits per heavy atom. The van der Waals surface area contributed by atoms with Gasteiger partial charge >= 0.3 is 0 Å². The van der Waals surface area contributed by atoms with Gasteiger partial charge in [0, 0.05) is 41.7 Å². The number of halogens is 4. The lowest BCUT2D eigenvalue weighted by Gasteiger charge is -2.36. The zero-order valence-electron chi connectivity index (χ0n) is 11.9. The fraction of sp³-hybridized carbons (Fsp3) is 0.600. The zero-order chi connectivity index (χ0) is 13.2. The van der Waals surface area contributed by atoms with Crippen molar-refractivity contribution >= 4 is 52.3 Å². The fourth-order valence-electron chi connectivity index (χ4n) is 2.91. The molecule has 21 heavy (non-hydrogen) atoms. The van der Waals surface area contributed by atoms with Crippen molar-refractivity contribution in [2.45, 2.75) is 25.3 Å². The molecule has 2 nitrogen and oxygen atoms in total. The Kier molecular flexibility index (Phi) is 8.33. The smallest absolute Gasteiger partial charge is 0.0454 e. The highest BCUT2D eigenvalue weighted by Gasteiger charge is 2.31. The van der Waals surface area contributed by atoms with E-state index in [2.05, 4.69) is 32.2 Å². The summed E-state index contributed by atoms with van der Waals surface area (Å²) in [6.07, 6.45) is 4.05.